The average molecular weight is 327 g/mol. The Morgan fingerprint density at radius 3 is 2.71 bits per heavy atom. The molecule has 4 aliphatic carbocycles. The van der Waals surface area contributed by atoms with Crippen molar-refractivity contribution in [1.29, 1.82) is 5.41 Å². The van der Waals surface area contributed by atoms with Crippen LogP contribution in [0.2, 0.25) is 0 Å². The van der Waals surface area contributed by atoms with Gasteiger partial charge in [-0.2, -0.15) is 0 Å². The largest absolute Gasteiger partial charge is 0.389 e. The molecule has 0 spiro atoms. The number of allylic oxidation sites excluding steroid dienone is 3. The second-order valence-electron chi connectivity index (χ2n) is 9.02. The minimum absolute atomic E-state index is 0.00922. The standard InChI is InChI=1S/C21H29NO2/c1-12(23)14-6-7-15-13-4-5-17-19(22)18(24)9-11-21(17,3)16(13)8-10-20(14,15)2/h4-6,12-13,15-17,22-23H,7-11H2,1-3H3/t12-,13+,15+,16+,17?,20-,21-/m1/s1. The lowest BCUT2D eigenvalue weighted by Gasteiger charge is -2.57. The molecular formula is C21H29NO2. The molecule has 0 bridgehead atoms. The van der Waals surface area contributed by atoms with Crippen LogP contribution in [0.1, 0.15) is 52.9 Å². The van der Waals surface area contributed by atoms with Crippen molar-refractivity contribution in [3.63, 3.8) is 0 Å². The fourth-order valence-electron chi connectivity index (χ4n) is 6.63. The summed E-state index contributed by atoms with van der Waals surface area (Å²) in [5, 5.41) is 18.5. The normalized spacial score (nSPS) is 48.4. The quantitative estimate of drug-likeness (QED) is 0.717. The van der Waals surface area contributed by atoms with Crippen LogP contribution in [0.15, 0.2) is 23.8 Å². The summed E-state index contributed by atoms with van der Waals surface area (Å²) < 4.78 is 0. The Bertz CT molecular complexity index is 661. The summed E-state index contributed by atoms with van der Waals surface area (Å²) in [4.78, 5) is 12.0. The highest BCUT2D eigenvalue weighted by Gasteiger charge is 2.58. The molecule has 3 heteroatoms. The van der Waals surface area contributed by atoms with Crippen LogP contribution in [0.25, 0.3) is 0 Å². The van der Waals surface area contributed by atoms with Gasteiger partial charge in [-0.3, -0.25) is 4.79 Å². The summed E-state index contributed by atoms with van der Waals surface area (Å²) in [6, 6.07) is 0. The van der Waals surface area contributed by atoms with Crippen molar-refractivity contribution < 1.29 is 9.90 Å². The molecule has 130 valence electrons. The number of aliphatic hydroxyl groups is 1. The summed E-state index contributed by atoms with van der Waals surface area (Å²) in [5.41, 5.74) is 1.74. The minimum atomic E-state index is -0.354. The Hall–Kier alpha value is -1.22. The zero-order chi connectivity index (χ0) is 17.3. The van der Waals surface area contributed by atoms with E-state index < -0.39 is 0 Å². The number of hydrogen-bond acceptors (Lipinski definition) is 3. The maximum absolute atomic E-state index is 12.0. The Morgan fingerprint density at radius 1 is 1.25 bits per heavy atom. The van der Waals surface area contributed by atoms with Gasteiger partial charge in [0.15, 0.2) is 5.78 Å². The molecule has 0 aromatic carbocycles. The van der Waals surface area contributed by atoms with E-state index in [4.69, 9.17) is 5.41 Å². The fourth-order valence-corrected chi connectivity index (χ4v) is 6.63. The number of carbonyl (C=O) groups excluding carboxylic acids is 1. The van der Waals surface area contributed by atoms with Crippen molar-refractivity contribution in [2.24, 2.45) is 34.5 Å². The second kappa shape index (κ2) is 5.14. The topological polar surface area (TPSA) is 61.1 Å². The van der Waals surface area contributed by atoms with Gasteiger partial charge >= 0.3 is 0 Å². The van der Waals surface area contributed by atoms with Crippen molar-refractivity contribution in [2.45, 2.75) is 59.0 Å². The Balaban J connectivity index is 1.70. The first-order valence-corrected chi connectivity index (χ1v) is 9.47. The third-order valence-electron chi connectivity index (χ3n) is 8.01. The van der Waals surface area contributed by atoms with Gasteiger partial charge in [-0.05, 0) is 66.8 Å². The third-order valence-corrected chi connectivity index (χ3v) is 8.01. The van der Waals surface area contributed by atoms with E-state index in [2.05, 4.69) is 32.1 Å². The first-order chi connectivity index (χ1) is 11.3. The van der Waals surface area contributed by atoms with Crippen LogP contribution in [-0.4, -0.2) is 22.7 Å². The molecule has 4 rings (SSSR count). The lowest BCUT2D eigenvalue weighted by Crippen LogP contribution is -2.54. The molecule has 1 unspecified atom stereocenters. The first-order valence-electron chi connectivity index (χ1n) is 9.47. The number of ketones is 1. The lowest BCUT2D eigenvalue weighted by atomic mass is 9.46. The maximum atomic E-state index is 12.0. The number of fused-ring (bicyclic) bond motifs is 5. The molecule has 0 aromatic heterocycles. The molecule has 2 N–H and O–H groups in total. The number of hydrogen-bond donors (Lipinski definition) is 2. The fraction of sp³-hybridized carbons (Fsp3) is 0.714. The van der Waals surface area contributed by atoms with Crippen LogP contribution in [-0.2, 0) is 4.79 Å². The number of rotatable bonds is 1. The molecule has 0 aromatic rings. The molecule has 0 radical (unpaired) electrons. The van der Waals surface area contributed by atoms with E-state index >= 15 is 0 Å². The summed E-state index contributed by atoms with van der Waals surface area (Å²) in [6.45, 7) is 6.56. The highest BCUT2D eigenvalue weighted by atomic mass is 16.3. The van der Waals surface area contributed by atoms with Crippen molar-refractivity contribution in [3.8, 4) is 0 Å². The highest BCUT2D eigenvalue weighted by Crippen LogP contribution is 2.64. The van der Waals surface area contributed by atoms with E-state index in [1.165, 1.54) is 5.57 Å². The molecule has 4 aliphatic rings. The SMILES string of the molecule is C[C@@H](O)C1=CC[C@H]2[C@@H]3C=CC4C(=N)C(=O)CC[C@]4(C)[C@H]3CC[C@]12C. The molecule has 2 saturated carbocycles. The van der Waals surface area contributed by atoms with E-state index in [1.54, 1.807) is 0 Å². The molecule has 0 saturated heterocycles. The van der Waals surface area contributed by atoms with Gasteiger partial charge in [-0.1, -0.05) is 32.1 Å². The van der Waals surface area contributed by atoms with Crippen LogP contribution in [0.4, 0.5) is 0 Å². The number of aliphatic hydroxyl groups excluding tert-OH is 1. The Kier molecular flexibility index (Phi) is 3.48. The number of Topliss-reactive ketones (excluding diaryl/α,β-unsaturated/α-hetero) is 1. The predicted octanol–water partition coefficient (Wildman–Crippen LogP) is 3.92. The van der Waals surface area contributed by atoms with E-state index in [9.17, 15) is 9.90 Å². The third kappa shape index (κ3) is 1.94. The molecule has 2 fully saturated rings. The second-order valence-corrected chi connectivity index (χ2v) is 9.02. The highest BCUT2D eigenvalue weighted by molar-refractivity contribution is 6.40. The Labute approximate surface area is 144 Å². The van der Waals surface area contributed by atoms with Gasteiger partial charge in [0.1, 0.15) is 0 Å². The number of carbonyl (C=O) groups is 1. The first kappa shape index (κ1) is 16.3. The van der Waals surface area contributed by atoms with Crippen LogP contribution >= 0.6 is 0 Å². The van der Waals surface area contributed by atoms with Crippen molar-refractivity contribution in [1.82, 2.24) is 0 Å². The van der Waals surface area contributed by atoms with E-state index in [1.807, 2.05) is 6.92 Å². The average Bonchev–Trinajstić information content (AvgIpc) is 2.89. The van der Waals surface area contributed by atoms with Gasteiger partial charge in [-0.15, -0.1) is 0 Å². The molecule has 7 atom stereocenters. The van der Waals surface area contributed by atoms with Crippen molar-refractivity contribution in [2.75, 3.05) is 0 Å². The molecule has 3 nitrogen and oxygen atoms in total. The molecule has 0 amide bonds. The van der Waals surface area contributed by atoms with Gasteiger partial charge in [0.05, 0.1) is 11.8 Å². The summed E-state index contributed by atoms with van der Waals surface area (Å²) in [5.74, 6) is 1.68. The summed E-state index contributed by atoms with van der Waals surface area (Å²) in [6.07, 6.45) is 11.2. The monoisotopic (exact) mass is 327 g/mol. The molecule has 0 aliphatic heterocycles. The zero-order valence-electron chi connectivity index (χ0n) is 15.0. The van der Waals surface area contributed by atoms with Crippen LogP contribution in [0.5, 0.6) is 0 Å². The smallest absolute Gasteiger partial charge is 0.176 e. The molecule has 0 heterocycles. The molecular weight excluding hydrogens is 298 g/mol. The number of nitrogens with one attached hydrogen (secondary N) is 1. The Morgan fingerprint density at radius 2 is 2.00 bits per heavy atom. The van der Waals surface area contributed by atoms with Gasteiger partial charge in [0.2, 0.25) is 0 Å². The van der Waals surface area contributed by atoms with Crippen LogP contribution < -0.4 is 0 Å². The zero-order valence-corrected chi connectivity index (χ0v) is 15.0. The van der Waals surface area contributed by atoms with E-state index in [0.717, 1.165) is 25.7 Å². The van der Waals surface area contributed by atoms with Gasteiger partial charge < -0.3 is 10.5 Å². The van der Waals surface area contributed by atoms with Crippen LogP contribution in [0, 0.1) is 39.9 Å². The lowest BCUT2D eigenvalue weighted by molar-refractivity contribution is -0.117. The maximum Gasteiger partial charge on any atom is 0.176 e. The predicted molar refractivity (Wildman–Crippen MR) is 94.9 cm³/mol. The van der Waals surface area contributed by atoms with Crippen molar-refractivity contribution in [3.05, 3.63) is 23.8 Å². The van der Waals surface area contributed by atoms with E-state index in [-0.39, 0.29) is 28.6 Å². The minimum Gasteiger partial charge on any atom is -0.389 e. The van der Waals surface area contributed by atoms with Crippen LogP contribution in [0.3, 0.4) is 0 Å². The van der Waals surface area contributed by atoms with Gasteiger partial charge in [0, 0.05) is 12.3 Å². The van der Waals surface area contributed by atoms with Gasteiger partial charge in [-0.25, -0.2) is 0 Å². The van der Waals surface area contributed by atoms with Crippen molar-refractivity contribution >= 4 is 11.5 Å². The van der Waals surface area contributed by atoms with E-state index in [0.29, 0.717) is 29.9 Å². The molecule has 24 heavy (non-hydrogen) atoms. The summed E-state index contributed by atoms with van der Waals surface area (Å²) in [7, 11) is 0. The summed E-state index contributed by atoms with van der Waals surface area (Å²) >= 11 is 0. The van der Waals surface area contributed by atoms with Gasteiger partial charge in [0.25, 0.3) is 0 Å².